The van der Waals surface area contributed by atoms with E-state index in [1.807, 2.05) is 0 Å². The zero-order valence-corrected chi connectivity index (χ0v) is 13.2. The summed E-state index contributed by atoms with van der Waals surface area (Å²) in [5.41, 5.74) is 0.354. The van der Waals surface area contributed by atoms with Crippen LogP contribution in [0.3, 0.4) is 0 Å². The standard InChI is InChI=1S/C16H33N3/c1-16(2,19-13-9-17-10-14-19)8-12-18(3)11-7-15-5-4-6-15/h15,17H,4-14H2,1-3H3. The minimum atomic E-state index is 0.354. The molecule has 1 saturated heterocycles. The summed E-state index contributed by atoms with van der Waals surface area (Å²) in [4.78, 5) is 5.20. The molecule has 3 nitrogen and oxygen atoms in total. The van der Waals surface area contributed by atoms with E-state index in [0.29, 0.717) is 5.54 Å². The van der Waals surface area contributed by atoms with Gasteiger partial charge in [-0.25, -0.2) is 0 Å². The van der Waals surface area contributed by atoms with Gasteiger partial charge in [-0.15, -0.1) is 0 Å². The molecule has 1 aliphatic heterocycles. The summed E-state index contributed by atoms with van der Waals surface area (Å²) in [5, 5.41) is 3.45. The minimum absolute atomic E-state index is 0.354. The van der Waals surface area contributed by atoms with E-state index in [1.165, 1.54) is 58.3 Å². The third-order valence-electron chi connectivity index (χ3n) is 5.22. The predicted molar refractivity (Wildman–Crippen MR) is 82.6 cm³/mol. The van der Waals surface area contributed by atoms with Gasteiger partial charge in [0.05, 0.1) is 0 Å². The van der Waals surface area contributed by atoms with Crippen molar-refractivity contribution in [3.05, 3.63) is 0 Å². The van der Waals surface area contributed by atoms with Gasteiger partial charge in [0.25, 0.3) is 0 Å². The molecule has 112 valence electrons. The quantitative estimate of drug-likeness (QED) is 0.763. The second-order valence-corrected chi connectivity index (χ2v) is 7.19. The van der Waals surface area contributed by atoms with E-state index in [-0.39, 0.29) is 0 Å². The Morgan fingerprint density at radius 1 is 1.16 bits per heavy atom. The first-order valence-corrected chi connectivity index (χ1v) is 8.22. The highest BCUT2D eigenvalue weighted by molar-refractivity contribution is 4.85. The van der Waals surface area contributed by atoms with Gasteiger partial charge in [0, 0.05) is 31.7 Å². The molecule has 1 heterocycles. The number of nitrogens with zero attached hydrogens (tertiary/aromatic N) is 2. The summed E-state index contributed by atoms with van der Waals surface area (Å²) in [6, 6.07) is 0. The molecule has 0 aromatic heterocycles. The first-order chi connectivity index (χ1) is 9.08. The Labute approximate surface area is 119 Å². The van der Waals surface area contributed by atoms with E-state index in [4.69, 9.17) is 0 Å². The van der Waals surface area contributed by atoms with Gasteiger partial charge in [-0.3, -0.25) is 4.90 Å². The summed E-state index contributed by atoms with van der Waals surface area (Å²) in [6.45, 7) is 12.1. The molecule has 2 rings (SSSR count). The van der Waals surface area contributed by atoms with Crippen LogP contribution in [0.25, 0.3) is 0 Å². The lowest BCUT2D eigenvalue weighted by Crippen LogP contribution is -2.54. The molecular weight excluding hydrogens is 234 g/mol. The van der Waals surface area contributed by atoms with Crippen LogP contribution >= 0.6 is 0 Å². The zero-order valence-electron chi connectivity index (χ0n) is 13.2. The molecule has 19 heavy (non-hydrogen) atoms. The van der Waals surface area contributed by atoms with Crippen LogP contribution in [0.5, 0.6) is 0 Å². The van der Waals surface area contributed by atoms with Crippen molar-refractivity contribution in [1.82, 2.24) is 15.1 Å². The highest BCUT2D eigenvalue weighted by Gasteiger charge is 2.27. The van der Waals surface area contributed by atoms with E-state index in [1.54, 1.807) is 0 Å². The molecule has 0 radical (unpaired) electrons. The maximum Gasteiger partial charge on any atom is 0.0166 e. The van der Waals surface area contributed by atoms with Crippen molar-refractivity contribution in [1.29, 1.82) is 0 Å². The van der Waals surface area contributed by atoms with Crippen LogP contribution in [0, 0.1) is 5.92 Å². The smallest absolute Gasteiger partial charge is 0.0166 e. The molecule has 3 heteroatoms. The van der Waals surface area contributed by atoms with Crippen molar-refractivity contribution in [2.75, 3.05) is 46.3 Å². The average molecular weight is 267 g/mol. The van der Waals surface area contributed by atoms with Gasteiger partial charge in [-0.05, 0) is 52.7 Å². The van der Waals surface area contributed by atoms with Gasteiger partial charge in [0.2, 0.25) is 0 Å². The molecule has 2 fully saturated rings. The second kappa shape index (κ2) is 7.05. The lowest BCUT2D eigenvalue weighted by Gasteiger charge is -2.42. The molecule has 1 N–H and O–H groups in total. The van der Waals surface area contributed by atoms with E-state index in [2.05, 4.69) is 36.0 Å². The minimum Gasteiger partial charge on any atom is -0.314 e. The van der Waals surface area contributed by atoms with Crippen molar-refractivity contribution in [2.45, 2.75) is 51.5 Å². The molecule has 1 saturated carbocycles. The van der Waals surface area contributed by atoms with Gasteiger partial charge in [-0.2, -0.15) is 0 Å². The predicted octanol–water partition coefficient (Wildman–Crippen LogP) is 2.18. The van der Waals surface area contributed by atoms with Gasteiger partial charge in [-0.1, -0.05) is 19.3 Å². The summed E-state index contributed by atoms with van der Waals surface area (Å²) in [7, 11) is 2.30. The zero-order chi connectivity index (χ0) is 13.7. The summed E-state index contributed by atoms with van der Waals surface area (Å²) in [6.07, 6.45) is 7.16. The molecular formula is C16H33N3. The Kier molecular flexibility index (Phi) is 5.67. The molecule has 0 unspecified atom stereocenters. The molecule has 1 aliphatic carbocycles. The normalized spacial score (nSPS) is 22.7. The molecule has 0 spiro atoms. The van der Waals surface area contributed by atoms with Crippen LogP contribution in [0.2, 0.25) is 0 Å². The Morgan fingerprint density at radius 3 is 2.42 bits per heavy atom. The SMILES string of the molecule is CN(CCC1CCC1)CCC(C)(C)N1CCNCC1. The molecule has 2 aliphatic rings. The molecule has 0 atom stereocenters. The average Bonchev–Trinajstić information content (AvgIpc) is 2.36. The number of rotatable bonds is 7. The fourth-order valence-electron chi connectivity index (χ4n) is 3.19. The van der Waals surface area contributed by atoms with E-state index < -0.39 is 0 Å². The van der Waals surface area contributed by atoms with Crippen molar-refractivity contribution in [2.24, 2.45) is 5.92 Å². The molecule has 0 aromatic carbocycles. The van der Waals surface area contributed by atoms with Crippen molar-refractivity contribution in [3.63, 3.8) is 0 Å². The largest absolute Gasteiger partial charge is 0.314 e. The summed E-state index contributed by atoms with van der Waals surface area (Å²) >= 11 is 0. The fraction of sp³-hybridized carbons (Fsp3) is 1.00. The van der Waals surface area contributed by atoms with E-state index in [0.717, 1.165) is 19.0 Å². The lowest BCUT2D eigenvalue weighted by atomic mass is 9.83. The number of hydrogen-bond acceptors (Lipinski definition) is 3. The first-order valence-electron chi connectivity index (χ1n) is 8.22. The molecule has 0 amide bonds. The third-order valence-corrected chi connectivity index (χ3v) is 5.22. The maximum atomic E-state index is 3.45. The third kappa shape index (κ3) is 4.73. The Morgan fingerprint density at radius 2 is 1.84 bits per heavy atom. The van der Waals surface area contributed by atoms with Crippen molar-refractivity contribution < 1.29 is 0 Å². The monoisotopic (exact) mass is 267 g/mol. The van der Waals surface area contributed by atoms with Gasteiger partial charge in [0.1, 0.15) is 0 Å². The summed E-state index contributed by atoms with van der Waals surface area (Å²) in [5.74, 6) is 1.05. The van der Waals surface area contributed by atoms with Gasteiger partial charge >= 0.3 is 0 Å². The van der Waals surface area contributed by atoms with Crippen molar-refractivity contribution in [3.8, 4) is 0 Å². The maximum absolute atomic E-state index is 3.45. The van der Waals surface area contributed by atoms with Crippen LogP contribution in [-0.2, 0) is 0 Å². The Hall–Kier alpha value is -0.120. The van der Waals surface area contributed by atoms with Crippen LogP contribution in [0.4, 0.5) is 0 Å². The Balaban J connectivity index is 1.64. The molecule has 0 aromatic rings. The van der Waals surface area contributed by atoms with Crippen LogP contribution in [0.15, 0.2) is 0 Å². The second-order valence-electron chi connectivity index (χ2n) is 7.19. The lowest BCUT2D eigenvalue weighted by molar-refractivity contribution is 0.0848. The highest BCUT2D eigenvalue weighted by Crippen LogP contribution is 2.29. The van der Waals surface area contributed by atoms with Crippen LogP contribution in [-0.4, -0.2) is 61.7 Å². The Bertz CT molecular complexity index is 255. The number of hydrogen-bond donors (Lipinski definition) is 1. The topological polar surface area (TPSA) is 18.5 Å². The number of piperazine rings is 1. The highest BCUT2D eigenvalue weighted by atomic mass is 15.2. The van der Waals surface area contributed by atoms with Crippen molar-refractivity contribution >= 4 is 0 Å². The first kappa shape index (κ1) is 15.3. The summed E-state index contributed by atoms with van der Waals surface area (Å²) < 4.78 is 0. The van der Waals surface area contributed by atoms with Gasteiger partial charge < -0.3 is 10.2 Å². The van der Waals surface area contributed by atoms with Crippen LogP contribution in [0.1, 0.15) is 46.0 Å². The van der Waals surface area contributed by atoms with E-state index in [9.17, 15) is 0 Å². The van der Waals surface area contributed by atoms with E-state index >= 15 is 0 Å². The fourth-order valence-corrected chi connectivity index (χ4v) is 3.19. The van der Waals surface area contributed by atoms with Gasteiger partial charge in [0.15, 0.2) is 0 Å². The number of nitrogens with one attached hydrogen (secondary N) is 1. The molecule has 0 bridgehead atoms. The van der Waals surface area contributed by atoms with Crippen LogP contribution < -0.4 is 5.32 Å².